The van der Waals surface area contributed by atoms with Crippen molar-refractivity contribution in [3.05, 3.63) is 50.3 Å². The summed E-state index contributed by atoms with van der Waals surface area (Å²) in [6.07, 6.45) is 0. The van der Waals surface area contributed by atoms with Gasteiger partial charge in [-0.1, -0.05) is 17.7 Å². The second-order valence-corrected chi connectivity index (χ2v) is 8.85. The first-order valence-corrected chi connectivity index (χ1v) is 8.85. The van der Waals surface area contributed by atoms with Crippen molar-refractivity contribution in [2.45, 2.75) is 17.7 Å². The molecule has 0 aliphatic carbocycles. The predicted octanol–water partition coefficient (Wildman–Crippen LogP) is 3.95. The third-order valence-electron chi connectivity index (χ3n) is 2.57. The molecule has 0 radical (unpaired) electrons. The molecule has 1 aromatic carbocycles. The Hall–Kier alpha value is -0.400. The van der Waals surface area contributed by atoms with Gasteiger partial charge in [0, 0.05) is 11.6 Å². The maximum absolute atomic E-state index is 12.0. The molecule has 0 unspecified atom stereocenters. The smallest absolute Gasteiger partial charge is 0.206 e. The first-order valence-electron chi connectivity index (χ1n) is 5.38. The van der Waals surface area contributed by atoms with Crippen LogP contribution in [0.15, 0.2) is 38.3 Å². The molecule has 0 fully saturated rings. The molecule has 0 aliphatic rings. The summed E-state index contributed by atoms with van der Waals surface area (Å²) in [4.78, 5) is 0. The Bertz CT molecular complexity index is 698. The standard InChI is InChI=1S/C12H11BrClNO2S2/c1-8-6-10(14)3-2-9(8)7-15-19(16,17)12-5-4-11(13)18-12/h2-6,15H,7H2,1H3. The highest BCUT2D eigenvalue weighted by Crippen LogP contribution is 2.26. The topological polar surface area (TPSA) is 46.2 Å². The van der Waals surface area contributed by atoms with E-state index in [0.29, 0.717) is 9.23 Å². The van der Waals surface area contributed by atoms with Crippen LogP contribution < -0.4 is 4.72 Å². The third kappa shape index (κ3) is 3.79. The van der Waals surface area contributed by atoms with Gasteiger partial charge in [-0.15, -0.1) is 11.3 Å². The molecule has 0 saturated carbocycles. The van der Waals surface area contributed by atoms with Crippen LogP contribution >= 0.6 is 38.9 Å². The van der Waals surface area contributed by atoms with Crippen molar-refractivity contribution in [3.8, 4) is 0 Å². The Balaban J connectivity index is 2.14. The molecular formula is C12H11BrClNO2S2. The summed E-state index contributed by atoms with van der Waals surface area (Å²) in [5.41, 5.74) is 1.87. The van der Waals surface area contributed by atoms with Crippen molar-refractivity contribution in [2.75, 3.05) is 0 Å². The maximum atomic E-state index is 12.0. The Morgan fingerprint density at radius 2 is 2.05 bits per heavy atom. The van der Waals surface area contributed by atoms with Crippen molar-refractivity contribution in [2.24, 2.45) is 0 Å². The molecule has 1 N–H and O–H groups in total. The normalized spacial score (nSPS) is 11.7. The lowest BCUT2D eigenvalue weighted by Crippen LogP contribution is -2.22. The van der Waals surface area contributed by atoms with E-state index in [1.165, 1.54) is 11.3 Å². The molecule has 1 aromatic heterocycles. The zero-order valence-electron chi connectivity index (χ0n) is 9.98. The number of hydrogen-bond acceptors (Lipinski definition) is 3. The molecule has 19 heavy (non-hydrogen) atoms. The van der Waals surface area contributed by atoms with E-state index >= 15 is 0 Å². The Kier molecular flexibility index (Phi) is 4.68. The minimum Gasteiger partial charge on any atom is -0.206 e. The van der Waals surface area contributed by atoms with Crippen LogP contribution in [0.4, 0.5) is 0 Å². The molecule has 3 nitrogen and oxygen atoms in total. The molecule has 0 aliphatic heterocycles. The van der Waals surface area contributed by atoms with E-state index in [9.17, 15) is 8.42 Å². The molecule has 2 aromatic rings. The first kappa shape index (κ1) is 15.0. The monoisotopic (exact) mass is 379 g/mol. The fraction of sp³-hybridized carbons (Fsp3) is 0.167. The number of thiophene rings is 1. The minimum atomic E-state index is -3.46. The highest BCUT2D eigenvalue weighted by molar-refractivity contribution is 9.11. The summed E-state index contributed by atoms with van der Waals surface area (Å²) in [5.74, 6) is 0. The van der Waals surface area contributed by atoms with Crippen LogP contribution in [-0.4, -0.2) is 8.42 Å². The Labute approximate surface area is 129 Å². The van der Waals surface area contributed by atoms with E-state index < -0.39 is 10.0 Å². The first-order chi connectivity index (χ1) is 8.88. The van der Waals surface area contributed by atoms with Gasteiger partial charge in [0.05, 0.1) is 3.79 Å². The van der Waals surface area contributed by atoms with Crippen molar-refractivity contribution in [1.29, 1.82) is 0 Å². The van der Waals surface area contributed by atoms with Gasteiger partial charge in [0.2, 0.25) is 10.0 Å². The van der Waals surface area contributed by atoms with Gasteiger partial charge in [0.25, 0.3) is 0 Å². The van der Waals surface area contributed by atoms with Gasteiger partial charge in [0.15, 0.2) is 0 Å². The molecule has 0 bridgehead atoms. The number of aryl methyl sites for hydroxylation is 1. The number of halogens is 2. The Morgan fingerprint density at radius 1 is 1.32 bits per heavy atom. The highest BCUT2D eigenvalue weighted by atomic mass is 79.9. The van der Waals surface area contributed by atoms with Gasteiger partial charge in [-0.3, -0.25) is 0 Å². The second-order valence-electron chi connectivity index (χ2n) is 3.95. The average molecular weight is 381 g/mol. The number of rotatable bonds is 4. The van der Waals surface area contributed by atoms with E-state index in [1.807, 2.05) is 19.1 Å². The highest BCUT2D eigenvalue weighted by Gasteiger charge is 2.16. The summed E-state index contributed by atoms with van der Waals surface area (Å²) in [5, 5.41) is 0.645. The number of hydrogen-bond donors (Lipinski definition) is 1. The summed E-state index contributed by atoms with van der Waals surface area (Å²) in [6.45, 7) is 2.15. The molecule has 1 heterocycles. The van der Waals surface area contributed by atoms with Gasteiger partial charge in [-0.25, -0.2) is 13.1 Å². The summed E-state index contributed by atoms with van der Waals surface area (Å²) >= 11 is 10.3. The molecular weight excluding hydrogens is 370 g/mol. The van der Waals surface area contributed by atoms with Crippen molar-refractivity contribution < 1.29 is 8.42 Å². The quantitative estimate of drug-likeness (QED) is 0.873. The van der Waals surface area contributed by atoms with Crippen molar-refractivity contribution >= 4 is 48.9 Å². The summed E-state index contributed by atoms with van der Waals surface area (Å²) in [7, 11) is -3.46. The SMILES string of the molecule is Cc1cc(Cl)ccc1CNS(=O)(=O)c1ccc(Br)s1. The summed E-state index contributed by atoms with van der Waals surface area (Å²) in [6, 6.07) is 8.68. The van der Waals surface area contributed by atoms with Crippen LogP contribution in [0.25, 0.3) is 0 Å². The van der Waals surface area contributed by atoms with E-state index in [-0.39, 0.29) is 6.54 Å². The fourth-order valence-electron chi connectivity index (χ4n) is 1.54. The van der Waals surface area contributed by atoms with Crippen LogP contribution in [0.1, 0.15) is 11.1 Å². The molecule has 2 rings (SSSR count). The Morgan fingerprint density at radius 3 is 2.63 bits per heavy atom. The molecule has 0 atom stereocenters. The molecule has 0 spiro atoms. The average Bonchev–Trinajstić information content (AvgIpc) is 2.75. The van der Waals surface area contributed by atoms with Gasteiger partial charge >= 0.3 is 0 Å². The van der Waals surface area contributed by atoms with E-state index in [0.717, 1.165) is 14.9 Å². The van der Waals surface area contributed by atoms with Crippen molar-refractivity contribution in [3.63, 3.8) is 0 Å². The van der Waals surface area contributed by atoms with Crippen LogP contribution in [0, 0.1) is 6.92 Å². The summed E-state index contributed by atoms with van der Waals surface area (Å²) < 4.78 is 27.8. The van der Waals surface area contributed by atoms with Crippen LogP contribution in [-0.2, 0) is 16.6 Å². The zero-order valence-corrected chi connectivity index (χ0v) is 14.0. The molecule has 0 amide bonds. The van der Waals surface area contributed by atoms with E-state index in [1.54, 1.807) is 18.2 Å². The van der Waals surface area contributed by atoms with Gasteiger partial charge in [-0.05, 0) is 58.2 Å². The van der Waals surface area contributed by atoms with Crippen LogP contribution in [0.5, 0.6) is 0 Å². The van der Waals surface area contributed by atoms with Crippen molar-refractivity contribution in [1.82, 2.24) is 4.72 Å². The van der Waals surface area contributed by atoms with E-state index in [2.05, 4.69) is 20.7 Å². The van der Waals surface area contributed by atoms with Gasteiger partial charge in [0.1, 0.15) is 4.21 Å². The largest absolute Gasteiger partial charge is 0.250 e. The number of nitrogens with one attached hydrogen (secondary N) is 1. The molecule has 102 valence electrons. The second kappa shape index (κ2) is 5.93. The third-order valence-corrected chi connectivity index (χ3v) is 6.32. The maximum Gasteiger partial charge on any atom is 0.250 e. The zero-order chi connectivity index (χ0) is 14.0. The lowest BCUT2D eigenvalue weighted by molar-refractivity contribution is 0.583. The lowest BCUT2D eigenvalue weighted by atomic mass is 10.1. The van der Waals surface area contributed by atoms with Gasteiger partial charge in [-0.2, -0.15) is 0 Å². The van der Waals surface area contributed by atoms with E-state index in [4.69, 9.17) is 11.6 Å². The minimum absolute atomic E-state index is 0.251. The molecule has 7 heteroatoms. The number of sulfonamides is 1. The fourth-order valence-corrected chi connectivity index (χ4v) is 4.83. The van der Waals surface area contributed by atoms with Crippen LogP contribution in [0.3, 0.4) is 0 Å². The molecule has 0 saturated heterocycles. The predicted molar refractivity (Wildman–Crippen MR) is 82.2 cm³/mol. The lowest BCUT2D eigenvalue weighted by Gasteiger charge is -2.08. The van der Waals surface area contributed by atoms with Gasteiger partial charge < -0.3 is 0 Å². The van der Waals surface area contributed by atoms with Crippen LogP contribution in [0.2, 0.25) is 5.02 Å². The number of benzene rings is 1.